The summed E-state index contributed by atoms with van der Waals surface area (Å²) in [6, 6.07) is 0. The molecule has 130 valence electrons. The molecule has 8 heteroatoms. The molecule has 0 aromatic heterocycles. The first-order valence-corrected chi connectivity index (χ1v) is 7.82. The molecule has 0 aliphatic carbocycles. The number of hydrogen-bond donors (Lipinski definition) is 3. The highest BCUT2D eigenvalue weighted by atomic mass is 16.2. The number of nitrogens with one attached hydrogen (secondary N) is 2. The zero-order valence-electron chi connectivity index (χ0n) is 14.0. The van der Waals surface area contributed by atoms with Crippen LogP contribution in [0.1, 0.15) is 39.5 Å². The van der Waals surface area contributed by atoms with E-state index in [-0.39, 0.29) is 42.9 Å². The van der Waals surface area contributed by atoms with E-state index in [9.17, 15) is 19.2 Å². The van der Waals surface area contributed by atoms with Crippen LogP contribution in [0, 0.1) is 5.92 Å². The zero-order chi connectivity index (χ0) is 17.6. The average Bonchev–Trinajstić information content (AvgIpc) is 2.90. The van der Waals surface area contributed by atoms with Crippen LogP contribution in [0.3, 0.4) is 0 Å². The Hall–Kier alpha value is -2.12. The third-order valence-corrected chi connectivity index (χ3v) is 4.47. The van der Waals surface area contributed by atoms with Crippen LogP contribution >= 0.6 is 0 Å². The van der Waals surface area contributed by atoms with Crippen molar-refractivity contribution in [2.24, 2.45) is 11.7 Å². The molecule has 4 amide bonds. The molecule has 1 fully saturated rings. The molecule has 2 atom stereocenters. The number of nitrogens with two attached hydrogens (primary N) is 1. The Bertz CT molecular complexity index is 494. The molecular weight excluding hydrogens is 300 g/mol. The number of amides is 4. The molecule has 0 aromatic rings. The van der Waals surface area contributed by atoms with E-state index in [1.807, 2.05) is 6.92 Å². The summed E-state index contributed by atoms with van der Waals surface area (Å²) in [6.07, 6.45) is 0.962. The van der Waals surface area contributed by atoms with Gasteiger partial charge in [-0.15, -0.1) is 0 Å². The highest BCUT2D eigenvalue weighted by Crippen LogP contribution is 2.28. The molecule has 1 saturated heterocycles. The van der Waals surface area contributed by atoms with E-state index in [1.54, 1.807) is 6.92 Å². The van der Waals surface area contributed by atoms with Gasteiger partial charge in [-0.3, -0.25) is 19.2 Å². The molecule has 2 unspecified atom stereocenters. The van der Waals surface area contributed by atoms with E-state index in [0.717, 1.165) is 0 Å². The molecule has 0 bridgehead atoms. The average molecular weight is 326 g/mol. The van der Waals surface area contributed by atoms with Gasteiger partial charge >= 0.3 is 0 Å². The normalized spacial score (nSPS) is 20.0. The fraction of sp³-hybridized carbons (Fsp3) is 0.733. The van der Waals surface area contributed by atoms with Crippen LogP contribution < -0.4 is 16.4 Å². The zero-order valence-corrected chi connectivity index (χ0v) is 14.0. The third kappa shape index (κ3) is 4.67. The maximum absolute atomic E-state index is 12.1. The summed E-state index contributed by atoms with van der Waals surface area (Å²) < 4.78 is 0. The first kappa shape index (κ1) is 18.9. The molecule has 23 heavy (non-hydrogen) atoms. The summed E-state index contributed by atoms with van der Waals surface area (Å²) >= 11 is 0. The minimum atomic E-state index is -0.991. The maximum Gasteiger partial charge on any atom is 0.243 e. The van der Waals surface area contributed by atoms with Crippen molar-refractivity contribution in [3.63, 3.8) is 0 Å². The number of carbonyl (C=O) groups excluding carboxylic acids is 4. The number of nitrogens with zero attached hydrogens (tertiary/aromatic N) is 1. The summed E-state index contributed by atoms with van der Waals surface area (Å²) in [6.45, 7) is 4.21. The van der Waals surface area contributed by atoms with Gasteiger partial charge in [0.2, 0.25) is 23.6 Å². The lowest BCUT2D eigenvalue weighted by Gasteiger charge is -2.35. The van der Waals surface area contributed by atoms with E-state index in [0.29, 0.717) is 19.5 Å². The van der Waals surface area contributed by atoms with Crippen molar-refractivity contribution < 1.29 is 19.2 Å². The molecule has 0 spiro atoms. The second-order valence-electron chi connectivity index (χ2n) is 6.04. The quantitative estimate of drug-likeness (QED) is 0.537. The lowest BCUT2D eigenvalue weighted by atomic mass is 9.96. The summed E-state index contributed by atoms with van der Waals surface area (Å²) in [5.41, 5.74) is 4.44. The minimum absolute atomic E-state index is 0.0586. The molecule has 1 aliphatic heterocycles. The first-order valence-electron chi connectivity index (χ1n) is 7.82. The molecule has 0 aromatic carbocycles. The predicted octanol–water partition coefficient (Wildman–Crippen LogP) is -0.869. The number of likely N-dealkylation sites (tertiary alicyclic amines) is 1. The van der Waals surface area contributed by atoms with Crippen LogP contribution in [-0.2, 0) is 19.2 Å². The van der Waals surface area contributed by atoms with Crippen LogP contribution in [0.5, 0.6) is 0 Å². The summed E-state index contributed by atoms with van der Waals surface area (Å²) in [5, 5.41) is 5.18. The van der Waals surface area contributed by atoms with Crippen LogP contribution in [-0.4, -0.2) is 54.2 Å². The summed E-state index contributed by atoms with van der Waals surface area (Å²) in [7, 11) is 1.52. The number of rotatable bonds is 8. The van der Waals surface area contributed by atoms with Gasteiger partial charge in [-0.1, -0.05) is 6.92 Å². The van der Waals surface area contributed by atoms with Crippen molar-refractivity contribution in [3.8, 4) is 0 Å². The van der Waals surface area contributed by atoms with Gasteiger partial charge in [-0.05, 0) is 13.3 Å². The van der Waals surface area contributed by atoms with Crippen LogP contribution in [0.4, 0.5) is 0 Å². The maximum atomic E-state index is 12.1. The molecular formula is C15H26N4O4. The topological polar surface area (TPSA) is 122 Å². The highest BCUT2D eigenvalue weighted by molar-refractivity contribution is 5.91. The monoisotopic (exact) mass is 326 g/mol. The van der Waals surface area contributed by atoms with Gasteiger partial charge in [-0.2, -0.15) is 0 Å². The second-order valence-corrected chi connectivity index (χ2v) is 6.04. The number of primary amides is 1. The Morgan fingerprint density at radius 3 is 2.43 bits per heavy atom. The Morgan fingerprint density at radius 2 is 1.91 bits per heavy atom. The van der Waals surface area contributed by atoms with Crippen LogP contribution in [0.25, 0.3) is 0 Å². The molecule has 4 N–H and O–H groups in total. The minimum Gasteiger partial charge on any atom is -0.368 e. The lowest BCUT2D eigenvalue weighted by molar-refractivity contribution is -0.142. The van der Waals surface area contributed by atoms with Gasteiger partial charge in [0.05, 0.1) is 0 Å². The summed E-state index contributed by atoms with van der Waals surface area (Å²) in [5.74, 6) is -1.13. The third-order valence-electron chi connectivity index (χ3n) is 4.47. The number of hydrogen-bond acceptors (Lipinski definition) is 4. The van der Waals surface area contributed by atoms with Gasteiger partial charge in [-0.25, -0.2) is 0 Å². The van der Waals surface area contributed by atoms with Crippen molar-refractivity contribution >= 4 is 23.6 Å². The van der Waals surface area contributed by atoms with E-state index in [4.69, 9.17) is 5.73 Å². The van der Waals surface area contributed by atoms with E-state index < -0.39 is 11.4 Å². The Labute approximate surface area is 136 Å². The standard InChI is InChI=1S/C15H26N4O4/c1-4-15(2,14(16)23)19-9-10(7-13(19)22)8-18-12(21)6-5-11(20)17-3/h10H,4-9H2,1-3H3,(H2,16,23)(H,17,20)(H,18,21). The van der Waals surface area contributed by atoms with Crippen molar-refractivity contribution in [1.82, 2.24) is 15.5 Å². The van der Waals surface area contributed by atoms with Crippen LogP contribution in [0.15, 0.2) is 0 Å². The van der Waals surface area contributed by atoms with E-state index in [1.165, 1.54) is 11.9 Å². The summed E-state index contributed by atoms with van der Waals surface area (Å²) in [4.78, 5) is 48.1. The molecule has 0 saturated carbocycles. The van der Waals surface area contributed by atoms with Crippen molar-refractivity contribution in [2.45, 2.75) is 45.1 Å². The lowest BCUT2D eigenvalue weighted by Crippen LogP contribution is -2.55. The van der Waals surface area contributed by atoms with Crippen molar-refractivity contribution in [2.75, 3.05) is 20.1 Å². The molecule has 1 heterocycles. The fourth-order valence-corrected chi connectivity index (χ4v) is 2.59. The van der Waals surface area contributed by atoms with Crippen molar-refractivity contribution in [3.05, 3.63) is 0 Å². The second kappa shape index (κ2) is 7.94. The van der Waals surface area contributed by atoms with Crippen molar-refractivity contribution in [1.29, 1.82) is 0 Å². The molecule has 1 rings (SSSR count). The Kier molecular flexibility index (Phi) is 6.53. The molecule has 8 nitrogen and oxygen atoms in total. The fourth-order valence-electron chi connectivity index (χ4n) is 2.59. The van der Waals surface area contributed by atoms with E-state index >= 15 is 0 Å². The van der Waals surface area contributed by atoms with Gasteiger partial charge in [0, 0.05) is 45.3 Å². The predicted molar refractivity (Wildman–Crippen MR) is 84.0 cm³/mol. The highest BCUT2D eigenvalue weighted by Gasteiger charge is 2.44. The van der Waals surface area contributed by atoms with E-state index in [2.05, 4.69) is 10.6 Å². The smallest absolute Gasteiger partial charge is 0.243 e. The van der Waals surface area contributed by atoms with Gasteiger partial charge < -0.3 is 21.3 Å². The Morgan fingerprint density at radius 1 is 1.30 bits per heavy atom. The SMILES string of the molecule is CCC(C)(C(N)=O)N1CC(CNC(=O)CCC(=O)NC)CC1=O. The molecule has 1 aliphatic rings. The van der Waals surface area contributed by atoms with Gasteiger partial charge in [0.1, 0.15) is 5.54 Å². The van der Waals surface area contributed by atoms with Crippen LogP contribution in [0.2, 0.25) is 0 Å². The Balaban J connectivity index is 2.50. The van der Waals surface area contributed by atoms with Gasteiger partial charge in [0.25, 0.3) is 0 Å². The first-order chi connectivity index (χ1) is 10.7. The van der Waals surface area contributed by atoms with Gasteiger partial charge in [0.15, 0.2) is 0 Å². The largest absolute Gasteiger partial charge is 0.368 e. The molecule has 0 radical (unpaired) electrons. The number of carbonyl (C=O) groups is 4.